The van der Waals surface area contributed by atoms with Gasteiger partial charge in [0.2, 0.25) is 0 Å². The predicted octanol–water partition coefficient (Wildman–Crippen LogP) is 1.47. The van der Waals surface area contributed by atoms with Crippen LogP contribution < -0.4 is 10.1 Å². The normalized spacial score (nSPS) is 16.4. The number of hydrogen-bond acceptors (Lipinski definition) is 5. The summed E-state index contributed by atoms with van der Waals surface area (Å²) in [6.07, 6.45) is 0.774. The number of carbonyl (C=O) groups excluding carboxylic acids is 1. The first-order chi connectivity index (χ1) is 10.6. The van der Waals surface area contributed by atoms with Crippen molar-refractivity contribution in [2.45, 2.75) is 19.1 Å². The first-order valence-corrected chi connectivity index (χ1v) is 7.25. The smallest absolute Gasteiger partial charge is 0.273 e. The fraction of sp³-hybridized carbons (Fsp3) is 0.375. The lowest BCUT2D eigenvalue weighted by Crippen LogP contribution is -2.34. The third kappa shape index (κ3) is 3.28. The molecular weight excluding hydrogens is 282 g/mol. The second kappa shape index (κ2) is 6.19. The quantitative estimate of drug-likeness (QED) is 0.906. The molecule has 22 heavy (non-hydrogen) atoms. The van der Waals surface area contributed by atoms with E-state index in [0.717, 1.165) is 12.2 Å². The maximum absolute atomic E-state index is 12.1. The molecule has 6 heteroatoms. The summed E-state index contributed by atoms with van der Waals surface area (Å²) >= 11 is 0. The SMILES string of the molecule is CN(C)Cc1cc(C(=O)NC[C@@H]2Cc3ccccc3O2)no1. The highest BCUT2D eigenvalue weighted by Gasteiger charge is 2.23. The molecule has 0 spiro atoms. The Hall–Kier alpha value is -2.34. The molecule has 0 bridgehead atoms. The molecule has 0 unspecified atom stereocenters. The molecule has 1 amide bonds. The highest BCUT2D eigenvalue weighted by Crippen LogP contribution is 2.27. The Morgan fingerprint density at radius 1 is 1.41 bits per heavy atom. The van der Waals surface area contributed by atoms with E-state index in [4.69, 9.17) is 9.26 Å². The number of nitrogens with zero attached hydrogens (tertiary/aromatic N) is 2. The van der Waals surface area contributed by atoms with Gasteiger partial charge in [-0.3, -0.25) is 4.79 Å². The summed E-state index contributed by atoms with van der Waals surface area (Å²) < 4.78 is 10.9. The number of benzene rings is 1. The average Bonchev–Trinajstić information content (AvgIpc) is 3.10. The molecule has 6 nitrogen and oxygen atoms in total. The van der Waals surface area contributed by atoms with E-state index in [-0.39, 0.29) is 12.0 Å². The molecule has 2 aromatic rings. The zero-order chi connectivity index (χ0) is 15.5. The Morgan fingerprint density at radius 2 is 2.23 bits per heavy atom. The van der Waals surface area contributed by atoms with Gasteiger partial charge in [0, 0.05) is 12.5 Å². The summed E-state index contributed by atoms with van der Waals surface area (Å²) in [6, 6.07) is 9.59. The van der Waals surface area contributed by atoms with Crippen molar-refractivity contribution in [1.82, 2.24) is 15.4 Å². The Kier molecular flexibility index (Phi) is 4.11. The molecular formula is C16H19N3O3. The molecule has 0 fully saturated rings. The number of fused-ring (bicyclic) bond motifs is 1. The van der Waals surface area contributed by atoms with Gasteiger partial charge in [-0.2, -0.15) is 0 Å². The van der Waals surface area contributed by atoms with Crippen molar-refractivity contribution < 1.29 is 14.1 Å². The van der Waals surface area contributed by atoms with Crippen LogP contribution in [0.4, 0.5) is 0 Å². The largest absolute Gasteiger partial charge is 0.488 e. The standard InChI is InChI=1S/C16H19N3O3/c1-19(2)10-13-8-14(18-22-13)16(20)17-9-12-7-11-5-3-4-6-15(11)21-12/h3-6,8,12H,7,9-10H2,1-2H3,(H,17,20)/t12-/m0/s1. The number of amides is 1. The summed E-state index contributed by atoms with van der Waals surface area (Å²) in [5.74, 6) is 1.32. The molecule has 116 valence electrons. The second-order valence-corrected chi connectivity index (χ2v) is 5.68. The van der Waals surface area contributed by atoms with Crippen molar-refractivity contribution in [1.29, 1.82) is 0 Å². The molecule has 1 aromatic heterocycles. The fourth-order valence-electron chi connectivity index (χ4n) is 2.47. The van der Waals surface area contributed by atoms with Crippen LogP contribution in [0.5, 0.6) is 5.75 Å². The molecule has 2 heterocycles. The van der Waals surface area contributed by atoms with Gasteiger partial charge in [-0.25, -0.2) is 0 Å². The first-order valence-electron chi connectivity index (χ1n) is 7.25. The summed E-state index contributed by atoms with van der Waals surface area (Å²) in [4.78, 5) is 14.0. The minimum atomic E-state index is -0.242. The van der Waals surface area contributed by atoms with Gasteiger partial charge < -0.3 is 19.5 Å². The van der Waals surface area contributed by atoms with Crippen LogP contribution in [-0.4, -0.2) is 42.7 Å². The number of aromatic nitrogens is 1. The van der Waals surface area contributed by atoms with Crippen molar-refractivity contribution in [2.75, 3.05) is 20.6 Å². The van der Waals surface area contributed by atoms with Crippen molar-refractivity contribution in [3.05, 3.63) is 47.3 Å². The van der Waals surface area contributed by atoms with Gasteiger partial charge in [0.25, 0.3) is 5.91 Å². The van der Waals surface area contributed by atoms with E-state index in [0.29, 0.717) is 24.5 Å². The first kappa shape index (κ1) is 14.6. The molecule has 0 saturated heterocycles. The zero-order valence-electron chi connectivity index (χ0n) is 12.7. The Labute approximate surface area is 129 Å². The third-order valence-corrected chi connectivity index (χ3v) is 3.47. The topological polar surface area (TPSA) is 67.6 Å². The fourth-order valence-corrected chi connectivity index (χ4v) is 2.47. The van der Waals surface area contributed by atoms with Crippen LogP contribution in [0.15, 0.2) is 34.9 Å². The highest BCUT2D eigenvalue weighted by molar-refractivity contribution is 5.92. The van der Waals surface area contributed by atoms with Crippen molar-refractivity contribution in [3.63, 3.8) is 0 Å². The maximum atomic E-state index is 12.1. The number of rotatable bonds is 5. The van der Waals surface area contributed by atoms with E-state index < -0.39 is 0 Å². The van der Waals surface area contributed by atoms with E-state index >= 15 is 0 Å². The average molecular weight is 301 g/mol. The van der Waals surface area contributed by atoms with Crippen molar-refractivity contribution in [3.8, 4) is 5.75 Å². The summed E-state index contributed by atoms with van der Waals surface area (Å²) in [5.41, 5.74) is 1.48. The van der Waals surface area contributed by atoms with Gasteiger partial charge in [-0.15, -0.1) is 0 Å². The second-order valence-electron chi connectivity index (χ2n) is 5.68. The Bertz CT molecular complexity index is 641. The Morgan fingerprint density at radius 3 is 3.00 bits per heavy atom. The number of carbonyl (C=O) groups is 1. The van der Waals surface area contributed by atoms with E-state index in [1.165, 1.54) is 5.56 Å². The number of hydrogen-bond donors (Lipinski definition) is 1. The van der Waals surface area contributed by atoms with Gasteiger partial charge in [0.05, 0.1) is 13.1 Å². The third-order valence-electron chi connectivity index (χ3n) is 3.47. The summed E-state index contributed by atoms with van der Waals surface area (Å²) in [5, 5.41) is 6.64. The molecule has 1 aliphatic rings. The van der Waals surface area contributed by atoms with Crippen LogP contribution in [0.1, 0.15) is 21.8 Å². The minimum Gasteiger partial charge on any atom is -0.488 e. The predicted molar refractivity (Wildman–Crippen MR) is 80.8 cm³/mol. The van der Waals surface area contributed by atoms with Gasteiger partial charge in [-0.05, 0) is 25.7 Å². The maximum Gasteiger partial charge on any atom is 0.273 e. The number of nitrogens with one attached hydrogen (secondary N) is 1. The Balaban J connectivity index is 1.52. The molecule has 0 aliphatic carbocycles. The number of para-hydroxylation sites is 1. The molecule has 1 N–H and O–H groups in total. The number of ether oxygens (including phenoxy) is 1. The van der Waals surface area contributed by atoms with Crippen LogP contribution in [0.25, 0.3) is 0 Å². The van der Waals surface area contributed by atoms with Gasteiger partial charge in [-0.1, -0.05) is 23.4 Å². The molecule has 1 aromatic carbocycles. The zero-order valence-corrected chi connectivity index (χ0v) is 12.7. The van der Waals surface area contributed by atoms with Crippen LogP contribution in [0.3, 0.4) is 0 Å². The van der Waals surface area contributed by atoms with Crippen LogP contribution in [0.2, 0.25) is 0 Å². The molecule has 3 rings (SSSR count). The van der Waals surface area contributed by atoms with E-state index in [1.807, 2.05) is 43.3 Å². The molecule has 0 radical (unpaired) electrons. The van der Waals surface area contributed by atoms with Gasteiger partial charge in [0.15, 0.2) is 11.5 Å². The van der Waals surface area contributed by atoms with Crippen LogP contribution >= 0.6 is 0 Å². The lowest BCUT2D eigenvalue weighted by Gasteiger charge is -2.10. The molecule has 1 atom stereocenters. The monoisotopic (exact) mass is 301 g/mol. The molecule has 0 saturated carbocycles. The van der Waals surface area contributed by atoms with Crippen molar-refractivity contribution in [2.24, 2.45) is 0 Å². The highest BCUT2D eigenvalue weighted by atomic mass is 16.5. The van der Waals surface area contributed by atoms with Crippen molar-refractivity contribution >= 4 is 5.91 Å². The lowest BCUT2D eigenvalue weighted by atomic mass is 10.1. The van der Waals surface area contributed by atoms with Crippen LogP contribution in [0, 0.1) is 0 Å². The van der Waals surface area contributed by atoms with Crippen LogP contribution in [-0.2, 0) is 13.0 Å². The van der Waals surface area contributed by atoms with E-state index in [1.54, 1.807) is 6.07 Å². The summed E-state index contributed by atoms with van der Waals surface area (Å²) in [7, 11) is 3.86. The molecule has 1 aliphatic heterocycles. The summed E-state index contributed by atoms with van der Waals surface area (Å²) in [6.45, 7) is 1.06. The van der Waals surface area contributed by atoms with Gasteiger partial charge >= 0.3 is 0 Å². The minimum absolute atomic E-state index is 0.0329. The van der Waals surface area contributed by atoms with E-state index in [9.17, 15) is 4.79 Å². The van der Waals surface area contributed by atoms with E-state index in [2.05, 4.69) is 10.5 Å². The van der Waals surface area contributed by atoms with Gasteiger partial charge in [0.1, 0.15) is 11.9 Å². The lowest BCUT2D eigenvalue weighted by molar-refractivity contribution is 0.0924.